The number of nitrogen functional groups attached to an aromatic ring is 1. The molecule has 0 bridgehead atoms. The van der Waals surface area contributed by atoms with Gasteiger partial charge in [0.05, 0.1) is 0 Å². The van der Waals surface area contributed by atoms with Crippen LogP contribution in [-0.4, -0.2) is 46.0 Å². The number of amides is 2. The van der Waals surface area contributed by atoms with Gasteiger partial charge in [-0.15, -0.1) is 10.2 Å². The van der Waals surface area contributed by atoms with Gasteiger partial charge in [0.1, 0.15) is 6.04 Å². The van der Waals surface area contributed by atoms with Crippen LogP contribution in [0, 0.1) is 0 Å². The molecule has 1 atom stereocenters. The molecule has 0 saturated carbocycles. The highest BCUT2D eigenvalue weighted by atomic mass is 32.1. The summed E-state index contributed by atoms with van der Waals surface area (Å²) >= 11 is 1.04. The molecule has 7 nitrogen and oxygen atoms in total. The minimum Gasteiger partial charge on any atom is -0.374 e. The summed E-state index contributed by atoms with van der Waals surface area (Å²) in [6.45, 7) is 2.82. The first-order valence-corrected chi connectivity index (χ1v) is 6.12. The lowest BCUT2D eigenvalue weighted by atomic mass is 10.1. The Labute approximate surface area is 102 Å². The van der Waals surface area contributed by atoms with E-state index in [2.05, 4.69) is 15.5 Å². The average Bonchev–Trinajstić information content (AvgIpc) is 2.74. The van der Waals surface area contributed by atoms with E-state index in [0.717, 1.165) is 11.3 Å². The van der Waals surface area contributed by atoms with Crippen molar-refractivity contribution >= 4 is 28.3 Å². The number of hydrogen-bond acceptors (Lipinski definition) is 6. The van der Waals surface area contributed by atoms with Crippen molar-refractivity contribution in [3.05, 3.63) is 5.01 Å². The molecule has 1 saturated heterocycles. The summed E-state index contributed by atoms with van der Waals surface area (Å²) in [7, 11) is 0. The van der Waals surface area contributed by atoms with Gasteiger partial charge < -0.3 is 16.0 Å². The van der Waals surface area contributed by atoms with Crippen LogP contribution in [0.1, 0.15) is 23.1 Å². The number of nitrogens with zero attached hydrogens (tertiary/aromatic N) is 3. The van der Waals surface area contributed by atoms with Crippen molar-refractivity contribution in [2.75, 3.05) is 18.8 Å². The van der Waals surface area contributed by atoms with Gasteiger partial charge in [0, 0.05) is 13.1 Å². The Balaban J connectivity index is 2.20. The zero-order valence-electron chi connectivity index (χ0n) is 9.34. The van der Waals surface area contributed by atoms with Crippen LogP contribution in [-0.2, 0) is 4.79 Å². The Hall–Kier alpha value is -1.70. The first kappa shape index (κ1) is 11.8. The molecular formula is C9H13N5O2S. The number of nitrogens with one attached hydrogen (secondary N) is 1. The molecule has 1 aliphatic heterocycles. The van der Waals surface area contributed by atoms with E-state index in [4.69, 9.17) is 5.73 Å². The molecule has 1 unspecified atom stereocenters. The molecule has 1 aromatic heterocycles. The minimum absolute atomic E-state index is 0.121. The molecule has 1 aromatic rings. The number of rotatable bonds is 2. The fourth-order valence-electron chi connectivity index (χ4n) is 1.81. The minimum atomic E-state index is -0.429. The average molecular weight is 255 g/mol. The quantitative estimate of drug-likeness (QED) is 0.740. The van der Waals surface area contributed by atoms with E-state index >= 15 is 0 Å². The van der Waals surface area contributed by atoms with Crippen molar-refractivity contribution in [3.63, 3.8) is 0 Å². The molecule has 3 N–H and O–H groups in total. The first-order chi connectivity index (χ1) is 8.13. The topological polar surface area (TPSA) is 101 Å². The Morgan fingerprint density at radius 3 is 3.00 bits per heavy atom. The van der Waals surface area contributed by atoms with E-state index in [1.807, 2.05) is 6.92 Å². The van der Waals surface area contributed by atoms with E-state index in [9.17, 15) is 9.59 Å². The lowest BCUT2D eigenvalue weighted by Gasteiger charge is -2.33. The van der Waals surface area contributed by atoms with Crippen molar-refractivity contribution < 1.29 is 9.59 Å². The van der Waals surface area contributed by atoms with Gasteiger partial charge in [-0.3, -0.25) is 9.59 Å². The van der Waals surface area contributed by atoms with Crippen LogP contribution in [0.5, 0.6) is 0 Å². The standard InChI is InChI=1S/C9H13N5O2S/c1-2-5-6(15)11-3-4-14(5)8(16)7-12-13-9(10)17-7/h5H,2-4H2,1H3,(H2,10,13)(H,11,15). The predicted octanol–water partition coefficient (Wildman–Crippen LogP) is -0.529. The van der Waals surface area contributed by atoms with Crippen molar-refractivity contribution in [1.29, 1.82) is 0 Å². The molecule has 0 aromatic carbocycles. The number of carbonyl (C=O) groups is 2. The van der Waals surface area contributed by atoms with E-state index in [-0.39, 0.29) is 22.0 Å². The lowest BCUT2D eigenvalue weighted by Crippen LogP contribution is -2.56. The van der Waals surface area contributed by atoms with Gasteiger partial charge in [-0.25, -0.2) is 0 Å². The molecule has 17 heavy (non-hydrogen) atoms. The van der Waals surface area contributed by atoms with Crippen LogP contribution in [0.2, 0.25) is 0 Å². The highest BCUT2D eigenvalue weighted by Gasteiger charge is 2.33. The number of anilines is 1. The molecule has 2 amide bonds. The van der Waals surface area contributed by atoms with E-state index in [0.29, 0.717) is 19.5 Å². The summed E-state index contributed by atoms with van der Waals surface area (Å²) in [6.07, 6.45) is 0.575. The van der Waals surface area contributed by atoms with Crippen LogP contribution < -0.4 is 11.1 Å². The lowest BCUT2D eigenvalue weighted by molar-refractivity contribution is -0.127. The van der Waals surface area contributed by atoms with Gasteiger partial charge in [-0.1, -0.05) is 18.3 Å². The van der Waals surface area contributed by atoms with Crippen LogP contribution in [0.15, 0.2) is 0 Å². The van der Waals surface area contributed by atoms with Gasteiger partial charge in [0.2, 0.25) is 16.0 Å². The van der Waals surface area contributed by atoms with Gasteiger partial charge in [0.15, 0.2) is 0 Å². The maximum Gasteiger partial charge on any atom is 0.285 e. The second-order valence-corrected chi connectivity index (χ2v) is 4.67. The largest absolute Gasteiger partial charge is 0.374 e. The second-order valence-electron chi connectivity index (χ2n) is 3.66. The van der Waals surface area contributed by atoms with E-state index in [1.54, 1.807) is 0 Å². The van der Waals surface area contributed by atoms with Crippen molar-refractivity contribution in [1.82, 2.24) is 20.4 Å². The third kappa shape index (κ3) is 2.21. The van der Waals surface area contributed by atoms with E-state index in [1.165, 1.54) is 4.90 Å². The van der Waals surface area contributed by atoms with Crippen molar-refractivity contribution in [3.8, 4) is 0 Å². The third-order valence-electron chi connectivity index (χ3n) is 2.60. The SMILES string of the molecule is CCC1C(=O)NCCN1C(=O)c1nnc(N)s1. The van der Waals surface area contributed by atoms with Crippen molar-refractivity contribution in [2.24, 2.45) is 0 Å². The zero-order valence-corrected chi connectivity index (χ0v) is 10.2. The smallest absolute Gasteiger partial charge is 0.285 e. The summed E-state index contributed by atoms with van der Waals surface area (Å²) in [5, 5.41) is 10.5. The number of aromatic nitrogens is 2. The fourth-order valence-corrected chi connectivity index (χ4v) is 2.37. The molecule has 1 fully saturated rings. The number of hydrogen-bond donors (Lipinski definition) is 2. The maximum absolute atomic E-state index is 12.1. The summed E-state index contributed by atoms with van der Waals surface area (Å²) < 4.78 is 0. The molecule has 2 heterocycles. The maximum atomic E-state index is 12.1. The van der Waals surface area contributed by atoms with Crippen molar-refractivity contribution in [2.45, 2.75) is 19.4 Å². The first-order valence-electron chi connectivity index (χ1n) is 5.31. The Bertz CT molecular complexity index is 446. The predicted molar refractivity (Wildman–Crippen MR) is 62.4 cm³/mol. The van der Waals surface area contributed by atoms with Gasteiger partial charge in [-0.05, 0) is 6.42 Å². The Morgan fingerprint density at radius 2 is 2.41 bits per heavy atom. The van der Waals surface area contributed by atoms with Gasteiger partial charge >= 0.3 is 0 Å². The monoisotopic (exact) mass is 255 g/mol. The van der Waals surface area contributed by atoms with Gasteiger partial charge in [-0.2, -0.15) is 0 Å². The summed E-state index contributed by atoms with van der Waals surface area (Å²) in [5.41, 5.74) is 5.44. The van der Waals surface area contributed by atoms with Crippen LogP contribution in [0.4, 0.5) is 5.13 Å². The molecule has 2 rings (SSSR count). The second kappa shape index (κ2) is 4.66. The molecular weight excluding hydrogens is 242 g/mol. The van der Waals surface area contributed by atoms with Crippen LogP contribution >= 0.6 is 11.3 Å². The van der Waals surface area contributed by atoms with Gasteiger partial charge in [0.25, 0.3) is 5.91 Å². The molecule has 8 heteroatoms. The normalized spacial score (nSPS) is 20.2. The molecule has 0 radical (unpaired) electrons. The summed E-state index contributed by atoms with van der Waals surface area (Å²) in [6, 6.07) is -0.429. The molecule has 0 aliphatic carbocycles. The Kier molecular flexibility index (Phi) is 3.23. The highest BCUT2D eigenvalue weighted by Crippen LogP contribution is 2.17. The van der Waals surface area contributed by atoms with E-state index < -0.39 is 6.04 Å². The number of piperazine rings is 1. The highest BCUT2D eigenvalue weighted by molar-refractivity contribution is 7.16. The molecule has 1 aliphatic rings. The number of nitrogens with two attached hydrogens (primary N) is 1. The Morgan fingerprint density at radius 1 is 1.65 bits per heavy atom. The zero-order chi connectivity index (χ0) is 12.4. The number of carbonyl (C=O) groups excluding carboxylic acids is 2. The summed E-state index contributed by atoms with van der Waals surface area (Å²) in [5.74, 6) is -0.398. The molecule has 0 spiro atoms. The van der Waals surface area contributed by atoms with Crippen LogP contribution in [0.25, 0.3) is 0 Å². The van der Waals surface area contributed by atoms with Crippen LogP contribution in [0.3, 0.4) is 0 Å². The third-order valence-corrected chi connectivity index (χ3v) is 3.34. The molecule has 92 valence electrons. The fraction of sp³-hybridized carbons (Fsp3) is 0.556. The summed E-state index contributed by atoms with van der Waals surface area (Å²) in [4.78, 5) is 25.3.